The van der Waals surface area contributed by atoms with E-state index >= 15 is 0 Å². The molecule has 1 aromatic rings. The standard InChI is InChI=1S/C13H17BrClNOS/c1-4-13(2,8-14)16-12(17)10-7-9(18-3)5-6-11(10)15/h5-7H,4,8H2,1-3H3,(H,16,17). The Balaban J connectivity index is 2.97. The number of carbonyl (C=O) groups is 1. The third kappa shape index (κ3) is 3.90. The second kappa shape index (κ2) is 6.83. The molecule has 2 nitrogen and oxygen atoms in total. The molecule has 1 aromatic carbocycles. The maximum atomic E-state index is 12.2. The Kier molecular flexibility index (Phi) is 6.02. The molecular formula is C13H17BrClNOS. The van der Waals surface area contributed by atoms with Crippen molar-refractivity contribution in [2.75, 3.05) is 11.6 Å². The Hall–Kier alpha value is -0.190. The molecule has 1 atom stereocenters. The summed E-state index contributed by atoms with van der Waals surface area (Å²) in [5.41, 5.74) is 0.277. The molecule has 1 unspecified atom stereocenters. The van der Waals surface area contributed by atoms with Crippen molar-refractivity contribution in [2.24, 2.45) is 0 Å². The number of nitrogens with one attached hydrogen (secondary N) is 1. The van der Waals surface area contributed by atoms with Crippen LogP contribution in [0.4, 0.5) is 0 Å². The van der Waals surface area contributed by atoms with Crippen LogP contribution in [0.3, 0.4) is 0 Å². The second-order valence-electron chi connectivity index (χ2n) is 4.35. The third-order valence-corrected chi connectivity index (χ3v) is 5.20. The fraction of sp³-hybridized carbons (Fsp3) is 0.462. The van der Waals surface area contributed by atoms with E-state index in [4.69, 9.17) is 11.6 Å². The van der Waals surface area contributed by atoms with Crippen LogP contribution in [0.15, 0.2) is 23.1 Å². The molecule has 5 heteroatoms. The molecule has 0 aliphatic heterocycles. The van der Waals surface area contributed by atoms with Gasteiger partial charge in [0.2, 0.25) is 0 Å². The number of alkyl halides is 1. The third-order valence-electron chi connectivity index (χ3n) is 2.91. The number of amides is 1. The zero-order valence-corrected chi connectivity index (χ0v) is 13.9. The monoisotopic (exact) mass is 349 g/mol. The zero-order chi connectivity index (χ0) is 13.8. The van der Waals surface area contributed by atoms with Gasteiger partial charge >= 0.3 is 0 Å². The molecule has 0 saturated carbocycles. The summed E-state index contributed by atoms with van der Waals surface area (Å²) in [6, 6.07) is 5.50. The van der Waals surface area contributed by atoms with Gasteiger partial charge in [-0.05, 0) is 37.8 Å². The Morgan fingerprint density at radius 3 is 2.72 bits per heavy atom. The fourth-order valence-electron chi connectivity index (χ4n) is 1.36. The summed E-state index contributed by atoms with van der Waals surface area (Å²) in [5.74, 6) is -0.125. The SMILES string of the molecule is CCC(C)(CBr)NC(=O)c1cc(SC)ccc1Cl. The molecule has 0 radical (unpaired) electrons. The van der Waals surface area contributed by atoms with Crippen molar-refractivity contribution in [3.63, 3.8) is 0 Å². The van der Waals surface area contributed by atoms with Gasteiger partial charge in [-0.15, -0.1) is 11.8 Å². The topological polar surface area (TPSA) is 29.1 Å². The van der Waals surface area contributed by atoms with Gasteiger partial charge in [-0.25, -0.2) is 0 Å². The van der Waals surface area contributed by atoms with Gasteiger partial charge in [-0.2, -0.15) is 0 Å². The van der Waals surface area contributed by atoms with E-state index in [1.54, 1.807) is 17.8 Å². The van der Waals surface area contributed by atoms with Crippen molar-refractivity contribution >= 4 is 45.2 Å². The summed E-state index contributed by atoms with van der Waals surface area (Å²) < 4.78 is 0. The first-order chi connectivity index (χ1) is 8.45. The number of benzene rings is 1. The van der Waals surface area contributed by atoms with E-state index in [1.165, 1.54) is 0 Å². The number of halogens is 2. The summed E-state index contributed by atoms with van der Waals surface area (Å²) in [6.45, 7) is 4.05. The average Bonchev–Trinajstić information content (AvgIpc) is 2.39. The van der Waals surface area contributed by atoms with E-state index in [0.29, 0.717) is 15.9 Å². The minimum atomic E-state index is -0.254. The van der Waals surface area contributed by atoms with Crippen molar-refractivity contribution < 1.29 is 4.79 Å². The van der Waals surface area contributed by atoms with Gasteiger partial charge in [-0.1, -0.05) is 34.5 Å². The summed E-state index contributed by atoms with van der Waals surface area (Å²) in [5, 5.41) is 4.22. The quantitative estimate of drug-likeness (QED) is 0.631. The smallest absolute Gasteiger partial charge is 0.253 e. The van der Waals surface area contributed by atoms with Crippen LogP contribution in [-0.2, 0) is 0 Å². The number of hydrogen-bond acceptors (Lipinski definition) is 2. The molecule has 0 aromatic heterocycles. The lowest BCUT2D eigenvalue weighted by molar-refractivity contribution is 0.0913. The van der Waals surface area contributed by atoms with Crippen LogP contribution in [0.1, 0.15) is 30.6 Å². The predicted molar refractivity (Wildman–Crippen MR) is 83.2 cm³/mol. The summed E-state index contributed by atoms with van der Waals surface area (Å²) in [7, 11) is 0. The molecule has 0 spiro atoms. The minimum Gasteiger partial charge on any atom is -0.346 e. The highest BCUT2D eigenvalue weighted by molar-refractivity contribution is 9.09. The van der Waals surface area contributed by atoms with E-state index in [0.717, 1.165) is 11.3 Å². The molecule has 0 fully saturated rings. The molecule has 0 bridgehead atoms. The van der Waals surface area contributed by atoms with Crippen LogP contribution in [0.25, 0.3) is 0 Å². The summed E-state index contributed by atoms with van der Waals surface area (Å²) in [4.78, 5) is 13.3. The maximum absolute atomic E-state index is 12.2. The lowest BCUT2D eigenvalue weighted by Crippen LogP contribution is -2.47. The van der Waals surface area contributed by atoms with E-state index in [-0.39, 0.29) is 11.4 Å². The van der Waals surface area contributed by atoms with E-state index in [9.17, 15) is 4.79 Å². The number of thioether (sulfide) groups is 1. The van der Waals surface area contributed by atoms with Crippen LogP contribution in [0.5, 0.6) is 0 Å². The van der Waals surface area contributed by atoms with Crippen molar-refractivity contribution in [3.05, 3.63) is 28.8 Å². The van der Waals surface area contributed by atoms with Crippen LogP contribution in [0, 0.1) is 0 Å². The molecular weight excluding hydrogens is 334 g/mol. The van der Waals surface area contributed by atoms with Crippen LogP contribution in [0.2, 0.25) is 5.02 Å². The van der Waals surface area contributed by atoms with Crippen molar-refractivity contribution in [1.82, 2.24) is 5.32 Å². The predicted octanol–water partition coefficient (Wildman–Crippen LogP) is 4.36. The fourth-order valence-corrected chi connectivity index (χ4v) is 2.54. The van der Waals surface area contributed by atoms with Crippen molar-refractivity contribution in [2.45, 2.75) is 30.7 Å². The number of rotatable bonds is 5. The lowest BCUT2D eigenvalue weighted by Gasteiger charge is -2.27. The first kappa shape index (κ1) is 15.9. The highest BCUT2D eigenvalue weighted by atomic mass is 79.9. The Morgan fingerprint density at radius 1 is 1.56 bits per heavy atom. The molecule has 0 aliphatic carbocycles. The molecule has 0 heterocycles. The highest BCUT2D eigenvalue weighted by Gasteiger charge is 2.24. The molecule has 1 amide bonds. The summed E-state index contributed by atoms with van der Waals surface area (Å²) in [6.07, 6.45) is 2.82. The Bertz CT molecular complexity index is 435. The van der Waals surface area contributed by atoms with Gasteiger partial charge in [0.15, 0.2) is 0 Å². The molecule has 0 saturated heterocycles. The van der Waals surface area contributed by atoms with Crippen molar-refractivity contribution in [3.8, 4) is 0 Å². The van der Waals surface area contributed by atoms with Gasteiger partial charge in [0, 0.05) is 15.8 Å². The van der Waals surface area contributed by atoms with Crippen LogP contribution >= 0.6 is 39.3 Å². The molecule has 0 aliphatic rings. The van der Waals surface area contributed by atoms with E-state index < -0.39 is 0 Å². The Labute approximate surface area is 126 Å². The van der Waals surface area contributed by atoms with Gasteiger partial charge < -0.3 is 5.32 Å². The molecule has 1 N–H and O–H groups in total. The van der Waals surface area contributed by atoms with Gasteiger partial charge in [0.25, 0.3) is 5.91 Å². The minimum absolute atomic E-state index is 0.125. The Morgan fingerprint density at radius 2 is 2.22 bits per heavy atom. The van der Waals surface area contributed by atoms with Crippen LogP contribution < -0.4 is 5.32 Å². The molecule has 100 valence electrons. The first-order valence-electron chi connectivity index (χ1n) is 5.67. The maximum Gasteiger partial charge on any atom is 0.253 e. The summed E-state index contributed by atoms with van der Waals surface area (Å²) >= 11 is 11.1. The lowest BCUT2D eigenvalue weighted by atomic mass is 10.0. The van der Waals surface area contributed by atoms with E-state index in [2.05, 4.69) is 21.2 Å². The van der Waals surface area contributed by atoms with E-state index in [1.807, 2.05) is 32.2 Å². The van der Waals surface area contributed by atoms with Crippen LogP contribution in [-0.4, -0.2) is 23.0 Å². The zero-order valence-electron chi connectivity index (χ0n) is 10.7. The first-order valence-corrected chi connectivity index (χ1v) is 8.40. The van der Waals surface area contributed by atoms with Gasteiger partial charge in [0.1, 0.15) is 0 Å². The normalized spacial score (nSPS) is 14.1. The van der Waals surface area contributed by atoms with Crippen molar-refractivity contribution in [1.29, 1.82) is 0 Å². The number of hydrogen-bond donors (Lipinski definition) is 1. The molecule has 18 heavy (non-hydrogen) atoms. The highest BCUT2D eigenvalue weighted by Crippen LogP contribution is 2.24. The average molecular weight is 351 g/mol. The largest absolute Gasteiger partial charge is 0.346 e. The van der Waals surface area contributed by atoms with Gasteiger partial charge in [0.05, 0.1) is 10.6 Å². The molecule has 1 rings (SSSR count). The van der Waals surface area contributed by atoms with Gasteiger partial charge in [-0.3, -0.25) is 4.79 Å². The second-order valence-corrected chi connectivity index (χ2v) is 6.20. The number of carbonyl (C=O) groups excluding carboxylic acids is 1.